The largest absolute Gasteiger partial charge is 0.480 e. The van der Waals surface area contributed by atoms with E-state index in [-0.39, 0.29) is 6.61 Å². The average molecular weight is 385 g/mol. The Kier molecular flexibility index (Phi) is 4.58. The van der Waals surface area contributed by atoms with Gasteiger partial charge in [-0.2, -0.15) is 0 Å². The van der Waals surface area contributed by atoms with E-state index in [0.717, 1.165) is 22.3 Å². The molecule has 26 heavy (non-hydrogen) atoms. The predicted molar refractivity (Wildman–Crippen MR) is 102 cm³/mol. The lowest BCUT2D eigenvalue weighted by atomic mass is 10.1. The first-order valence-electron chi connectivity index (χ1n) is 8.09. The minimum absolute atomic E-state index is 0.234. The normalized spacial score (nSPS) is 12.4. The third-order valence-electron chi connectivity index (χ3n) is 4.27. The fourth-order valence-corrected chi connectivity index (χ4v) is 3.59. The molecule has 0 aromatic heterocycles. The van der Waals surface area contributed by atoms with Gasteiger partial charge in [0.2, 0.25) is 0 Å². The molecule has 4 rings (SSSR count). The van der Waals surface area contributed by atoms with E-state index in [1.165, 1.54) is 0 Å². The molecule has 3 nitrogen and oxygen atoms in total. The number of fused-ring (bicyclic) bond motifs is 3. The van der Waals surface area contributed by atoms with Crippen molar-refractivity contribution in [2.24, 2.45) is 0 Å². The summed E-state index contributed by atoms with van der Waals surface area (Å²) in [6, 6.07) is 20.7. The molecule has 1 aliphatic rings. The van der Waals surface area contributed by atoms with E-state index in [2.05, 4.69) is 0 Å². The summed E-state index contributed by atoms with van der Waals surface area (Å²) >= 11 is 11.9. The van der Waals surface area contributed by atoms with Crippen molar-refractivity contribution in [3.05, 3.63) is 87.9 Å². The maximum Gasteiger partial charge on any atom is 0.345 e. The molecule has 0 unspecified atom stereocenters. The molecule has 3 aromatic rings. The molecule has 0 spiro atoms. The molecule has 0 heterocycles. The van der Waals surface area contributed by atoms with Gasteiger partial charge in [0.05, 0.1) is 5.02 Å². The monoisotopic (exact) mass is 384 g/mol. The molecule has 130 valence electrons. The van der Waals surface area contributed by atoms with Crippen molar-refractivity contribution in [2.45, 2.75) is 6.10 Å². The van der Waals surface area contributed by atoms with Gasteiger partial charge in [-0.1, -0.05) is 71.7 Å². The summed E-state index contributed by atoms with van der Waals surface area (Å²) < 4.78 is 11.2. The number of esters is 1. The van der Waals surface area contributed by atoms with Crippen LogP contribution in [0.4, 0.5) is 0 Å². The number of halogens is 2. The SMILES string of the molecule is O=C(COc1ccc(Cl)cc1Cl)OC1c2ccccc2-c2ccccc21. The van der Waals surface area contributed by atoms with Gasteiger partial charge in [0.1, 0.15) is 5.75 Å². The van der Waals surface area contributed by atoms with Crippen molar-refractivity contribution in [1.82, 2.24) is 0 Å². The highest BCUT2D eigenvalue weighted by atomic mass is 35.5. The zero-order valence-electron chi connectivity index (χ0n) is 13.6. The second-order valence-electron chi connectivity index (χ2n) is 5.91. The number of ether oxygens (including phenoxy) is 2. The predicted octanol–water partition coefficient (Wildman–Crippen LogP) is 5.69. The van der Waals surface area contributed by atoms with Gasteiger partial charge < -0.3 is 9.47 Å². The summed E-state index contributed by atoms with van der Waals surface area (Å²) in [5.41, 5.74) is 4.13. The van der Waals surface area contributed by atoms with E-state index < -0.39 is 12.1 Å². The van der Waals surface area contributed by atoms with E-state index in [1.54, 1.807) is 18.2 Å². The Morgan fingerprint density at radius 3 is 2.12 bits per heavy atom. The molecule has 3 aromatic carbocycles. The Morgan fingerprint density at radius 2 is 1.50 bits per heavy atom. The Labute approximate surface area is 161 Å². The van der Waals surface area contributed by atoms with Crippen LogP contribution in [-0.4, -0.2) is 12.6 Å². The van der Waals surface area contributed by atoms with Crippen LogP contribution < -0.4 is 4.74 Å². The fraction of sp³-hybridized carbons (Fsp3) is 0.0952. The molecule has 5 heteroatoms. The molecule has 0 saturated carbocycles. The van der Waals surface area contributed by atoms with Gasteiger partial charge in [0.25, 0.3) is 0 Å². The third kappa shape index (κ3) is 3.16. The van der Waals surface area contributed by atoms with Crippen molar-refractivity contribution in [1.29, 1.82) is 0 Å². The quantitative estimate of drug-likeness (QED) is 0.542. The average Bonchev–Trinajstić information content (AvgIpc) is 2.95. The van der Waals surface area contributed by atoms with Crippen LogP contribution in [0.25, 0.3) is 11.1 Å². The minimum atomic E-state index is -0.465. The summed E-state index contributed by atoms with van der Waals surface area (Å²) in [4.78, 5) is 12.4. The topological polar surface area (TPSA) is 35.5 Å². The summed E-state index contributed by atoms with van der Waals surface area (Å²) in [5.74, 6) is -0.0761. The summed E-state index contributed by atoms with van der Waals surface area (Å²) in [7, 11) is 0. The lowest BCUT2D eigenvalue weighted by Crippen LogP contribution is -2.18. The number of benzene rings is 3. The molecule has 0 bridgehead atoms. The first-order chi connectivity index (χ1) is 12.6. The van der Waals surface area contributed by atoms with Crippen molar-refractivity contribution < 1.29 is 14.3 Å². The molecule has 0 fully saturated rings. The number of carbonyl (C=O) groups is 1. The second kappa shape index (κ2) is 7.02. The highest BCUT2D eigenvalue weighted by Crippen LogP contribution is 2.45. The molecular weight excluding hydrogens is 371 g/mol. The Morgan fingerprint density at radius 1 is 0.885 bits per heavy atom. The molecule has 0 saturated heterocycles. The van der Waals surface area contributed by atoms with Crippen LogP contribution in [0.5, 0.6) is 5.75 Å². The van der Waals surface area contributed by atoms with E-state index in [0.29, 0.717) is 15.8 Å². The highest BCUT2D eigenvalue weighted by molar-refractivity contribution is 6.35. The molecule has 0 amide bonds. The van der Waals surface area contributed by atoms with Crippen LogP contribution in [0.1, 0.15) is 17.2 Å². The van der Waals surface area contributed by atoms with Gasteiger partial charge in [-0.25, -0.2) is 4.79 Å². The first-order valence-corrected chi connectivity index (χ1v) is 8.84. The van der Waals surface area contributed by atoms with Gasteiger partial charge in [0.15, 0.2) is 12.7 Å². The maximum atomic E-state index is 12.4. The zero-order valence-corrected chi connectivity index (χ0v) is 15.1. The number of rotatable bonds is 4. The fourth-order valence-electron chi connectivity index (χ4n) is 3.13. The van der Waals surface area contributed by atoms with E-state index in [1.807, 2.05) is 48.5 Å². The zero-order chi connectivity index (χ0) is 18.1. The molecule has 0 N–H and O–H groups in total. The van der Waals surface area contributed by atoms with Crippen molar-refractivity contribution in [3.8, 4) is 16.9 Å². The molecule has 0 atom stereocenters. The summed E-state index contributed by atoms with van der Waals surface area (Å²) in [5, 5.41) is 0.853. The third-order valence-corrected chi connectivity index (χ3v) is 4.80. The summed E-state index contributed by atoms with van der Waals surface area (Å²) in [6.07, 6.45) is -0.431. The van der Waals surface area contributed by atoms with Crippen LogP contribution in [0.15, 0.2) is 66.7 Å². The minimum Gasteiger partial charge on any atom is -0.480 e. The van der Waals surface area contributed by atoms with Gasteiger partial charge in [-0.05, 0) is 29.3 Å². The van der Waals surface area contributed by atoms with Crippen LogP contribution in [0.3, 0.4) is 0 Å². The maximum absolute atomic E-state index is 12.4. The Balaban J connectivity index is 1.51. The number of hydrogen-bond acceptors (Lipinski definition) is 3. The van der Waals surface area contributed by atoms with E-state index in [9.17, 15) is 4.79 Å². The van der Waals surface area contributed by atoms with Gasteiger partial charge in [-0.15, -0.1) is 0 Å². The Bertz CT molecular complexity index is 939. The highest BCUT2D eigenvalue weighted by Gasteiger charge is 2.31. The molecule has 0 aliphatic heterocycles. The van der Waals surface area contributed by atoms with Gasteiger partial charge >= 0.3 is 5.97 Å². The van der Waals surface area contributed by atoms with Crippen LogP contribution in [-0.2, 0) is 9.53 Å². The molecule has 0 radical (unpaired) electrons. The van der Waals surface area contributed by atoms with Crippen molar-refractivity contribution in [2.75, 3.05) is 6.61 Å². The van der Waals surface area contributed by atoms with Crippen LogP contribution in [0, 0.1) is 0 Å². The van der Waals surface area contributed by atoms with Crippen LogP contribution in [0.2, 0.25) is 10.0 Å². The standard InChI is InChI=1S/C21H14Cl2O3/c22-13-9-10-19(18(23)11-13)25-12-20(24)26-21-16-7-3-1-5-14(16)15-6-2-4-8-17(15)21/h1-11,21H,12H2. The summed E-state index contributed by atoms with van der Waals surface area (Å²) in [6.45, 7) is -0.234. The molecular formula is C21H14Cl2O3. The van der Waals surface area contributed by atoms with E-state index >= 15 is 0 Å². The second-order valence-corrected chi connectivity index (χ2v) is 6.75. The smallest absolute Gasteiger partial charge is 0.345 e. The molecule has 1 aliphatic carbocycles. The van der Waals surface area contributed by atoms with Gasteiger partial charge in [0, 0.05) is 16.1 Å². The lowest BCUT2D eigenvalue weighted by Gasteiger charge is -2.15. The van der Waals surface area contributed by atoms with E-state index in [4.69, 9.17) is 32.7 Å². The number of carbonyl (C=O) groups excluding carboxylic acids is 1. The van der Waals surface area contributed by atoms with Gasteiger partial charge in [-0.3, -0.25) is 0 Å². The van der Waals surface area contributed by atoms with Crippen LogP contribution >= 0.6 is 23.2 Å². The number of hydrogen-bond donors (Lipinski definition) is 0. The lowest BCUT2D eigenvalue weighted by molar-refractivity contribution is -0.149. The Hall–Kier alpha value is -2.49. The first kappa shape index (κ1) is 17.0. The van der Waals surface area contributed by atoms with Crippen molar-refractivity contribution in [3.63, 3.8) is 0 Å². The van der Waals surface area contributed by atoms with Crippen molar-refractivity contribution >= 4 is 29.2 Å².